The van der Waals surface area contributed by atoms with Crippen molar-refractivity contribution in [2.45, 2.75) is 44.6 Å². The van der Waals surface area contributed by atoms with Crippen LogP contribution in [0, 0.1) is 5.92 Å². The number of hydrogen-bond acceptors (Lipinski definition) is 2. The zero-order chi connectivity index (χ0) is 17.1. The molecular formula is C19H24N2O3. The molecule has 0 bridgehead atoms. The number of para-hydroxylation sites is 1. The molecule has 0 saturated heterocycles. The number of hydrogen-bond donors (Lipinski definition) is 2. The second-order valence-electron chi connectivity index (χ2n) is 6.69. The van der Waals surface area contributed by atoms with Crippen molar-refractivity contribution in [1.29, 1.82) is 0 Å². The van der Waals surface area contributed by atoms with E-state index in [2.05, 4.69) is 5.32 Å². The molecule has 3 rings (SSSR count). The van der Waals surface area contributed by atoms with Crippen molar-refractivity contribution in [3.05, 3.63) is 36.0 Å². The van der Waals surface area contributed by atoms with E-state index in [9.17, 15) is 14.7 Å². The second-order valence-corrected chi connectivity index (χ2v) is 6.69. The zero-order valence-corrected chi connectivity index (χ0v) is 14.0. The smallest absolute Gasteiger partial charge is 0.308 e. The lowest BCUT2D eigenvalue weighted by Crippen LogP contribution is -2.43. The minimum absolute atomic E-state index is 0.177. The lowest BCUT2D eigenvalue weighted by molar-refractivity contribution is -0.143. The molecule has 24 heavy (non-hydrogen) atoms. The van der Waals surface area contributed by atoms with E-state index in [1.807, 2.05) is 42.1 Å². The molecule has 1 amide bonds. The summed E-state index contributed by atoms with van der Waals surface area (Å²) in [6, 6.07) is 7.46. The Balaban J connectivity index is 1.84. The first kappa shape index (κ1) is 16.6. The van der Waals surface area contributed by atoms with Gasteiger partial charge in [0, 0.05) is 30.2 Å². The summed E-state index contributed by atoms with van der Waals surface area (Å²) in [7, 11) is 1.91. The minimum atomic E-state index is -0.805. The first-order valence-electron chi connectivity index (χ1n) is 8.65. The largest absolute Gasteiger partial charge is 0.481 e. The molecule has 0 spiro atoms. The van der Waals surface area contributed by atoms with Crippen LogP contribution in [0.4, 0.5) is 0 Å². The molecule has 1 heterocycles. The summed E-state index contributed by atoms with van der Waals surface area (Å²) >= 11 is 0. The van der Waals surface area contributed by atoms with Gasteiger partial charge in [-0.15, -0.1) is 0 Å². The number of aliphatic carboxylic acids is 1. The van der Waals surface area contributed by atoms with Crippen molar-refractivity contribution in [3.8, 4) is 0 Å². The Labute approximate surface area is 141 Å². The predicted molar refractivity (Wildman–Crippen MR) is 93.0 cm³/mol. The quantitative estimate of drug-likeness (QED) is 0.908. The highest BCUT2D eigenvalue weighted by Gasteiger charge is 2.30. The van der Waals surface area contributed by atoms with Crippen molar-refractivity contribution in [2.75, 3.05) is 0 Å². The van der Waals surface area contributed by atoms with Gasteiger partial charge in [-0.05, 0) is 18.9 Å². The van der Waals surface area contributed by atoms with Crippen LogP contribution in [0.2, 0.25) is 0 Å². The van der Waals surface area contributed by atoms with E-state index in [1.165, 1.54) is 0 Å². The van der Waals surface area contributed by atoms with Crippen LogP contribution < -0.4 is 5.32 Å². The third-order valence-corrected chi connectivity index (χ3v) is 5.04. The van der Waals surface area contributed by atoms with Crippen LogP contribution in [0.1, 0.15) is 48.9 Å². The van der Waals surface area contributed by atoms with Crippen LogP contribution in [0.25, 0.3) is 10.9 Å². The maximum atomic E-state index is 12.8. The normalized spacial score (nSPS) is 21.9. The molecule has 0 radical (unpaired) electrons. The second kappa shape index (κ2) is 7.07. The number of aromatic nitrogens is 1. The van der Waals surface area contributed by atoms with E-state index in [1.54, 1.807) is 0 Å². The summed E-state index contributed by atoms with van der Waals surface area (Å²) in [6.07, 6.45) is 7.24. The van der Waals surface area contributed by atoms with Crippen LogP contribution in [0.3, 0.4) is 0 Å². The van der Waals surface area contributed by atoms with Crippen molar-refractivity contribution in [3.63, 3.8) is 0 Å². The van der Waals surface area contributed by atoms with Crippen LogP contribution >= 0.6 is 0 Å². The Kier molecular flexibility index (Phi) is 4.88. The Bertz CT molecular complexity index is 750. The molecule has 2 aromatic rings. The van der Waals surface area contributed by atoms with Crippen LogP contribution in [0.5, 0.6) is 0 Å². The van der Waals surface area contributed by atoms with Crippen molar-refractivity contribution >= 4 is 22.8 Å². The lowest BCUT2D eigenvalue weighted by atomic mass is 9.86. The average molecular weight is 328 g/mol. The molecule has 0 aliphatic heterocycles. The van der Waals surface area contributed by atoms with Gasteiger partial charge >= 0.3 is 5.97 Å². The highest BCUT2D eigenvalue weighted by Crippen LogP contribution is 2.25. The SMILES string of the molecule is Cn1cc(C(=O)NC2CCCCCCC2C(=O)O)c2ccccc21. The Morgan fingerprint density at radius 1 is 1.12 bits per heavy atom. The molecule has 5 heteroatoms. The van der Waals surface area contributed by atoms with Gasteiger partial charge < -0.3 is 15.0 Å². The van der Waals surface area contributed by atoms with Gasteiger partial charge in [-0.3, -0.25) is 9.59 Å². The number of rotatable bonds is 3. The number of aryl methyl sites for hydroxylation is 1. The number of amides is 1. The molecule has 2 N–H and O–H groups in total. The summed E-state index contributed by atoms with van der Waals surface area (Å²) in [6.45, 7) is 0. The molecule has 128 valence electrons. The Hall–Kier alpha value is -2.30. The highest BCUT2D eigenvalue weighted by molar-refractivity contribution is 6.07. The van der Waals surface area contributed by atoms with Gasteiger partial charge in [0.2, 0.25) is 0 Å². The number of nitrogens with one attached hydrogen (secondary N) is 1. The summed E-state index contributed by atoms with van der Waals surface area (Å²) in [5, 5.41) is 13.4. The summed E-state index contributed by atoms with van der Waals surface area (Å²) < 4.78 is 1.93. The molecule has 1 aliphatic rings. The third-order valence-electron chi connectivity index (χ3n) is 5.04. The number of nitrogens with zero attached hydrogens (tertiary/aromatic N) is 1. The number of fused-ring (bicyclic) bond motifs is 1. The van der Waals surface area contributed by atoms with Crippen molar-refractivity contribution < 1.29 is 14.7 Å². The third kappa shape index (κ3) is 3.30. The van der Waals surface area contributed by atoms with Gasteiger partial charge in [-0.2, -0.15) is 0 Å². The number of carboxylic acids is 1. The zero-order valence-electron chi connectivity index (χ0n) is 14.0. The molecular weight excluding hydrogens is 304 g/mol. The Morgan fingerprint density at radius 2 is 1.83 bits per heavy atom. The summed E-state index contributed by atoms with van der Waals surface area (Å²) in [4.78, 5) is 24.4. The molecule has 1 saturated carbocycles. The predicted octanol–water partition coefficient (Wildman–Crippen LogP) is 3.33. The monoisotopic (exact) mass is 328 g/mol. The van der Waals surface area contributed by atoms with E-state index in [0.29, 0.717) is 12.0 Å². The number of benzene rings is 1. The first-order valence-corrected chi connectivity index (χ1v) is 8.65. The molecule has 1 aliphatic carbocycles. The highest BCUT2D eigenvalue weighted by atomic mass is 16.4. The molecule has 2 unspecified atom stereocenters. The fourth-order valence-electron chi connectivity index (χ4n) is 3.72. The minimum Gasteiger partial charge on any atom is -0.481 e. The number of carbonyl (C=O) groups excluding carboxylic acids is 1. The number of carboxylic acid groups (broad SMARTS) is 1. The van der Waals surface area contributed by atoms with E-state index < -0.39 is 11.9 Å². The molecule has 2 atom stereocenters. The molecule has 1 fully saturated rings. The maximum Gasteiger partial charge on any atom is 0.308 e. The van der Waals surface area contributed by atoms with E-state index in [0.717, 1.165) is 43.0 Å². The fraction of sp³-hybridized carbons (Fsp3) is 0.474. The van der Waals surface area contributed by atoms with E-state index in [-0.39, 0.29) is 11.9 Å². The summed E-state index contributed by atoms with van der Waals surface area (Å²) in [5.74, 6) is -1.48. The van der Waals surface area contributed by atoms with Crippen LogP contribution in [-0.2, 0) is 11.8 Å². The van der Waals surface area contributed by atoms with Gasteiger partial charge in [0.1, 0.15) is 0 Å². The summed E-state index contributed by atoms with van der Waals surface area (Å²) in [5.41, 5.74) is 1.61. The van der Waals surface area contributed by atoms with Gasteiger partial charge in [0.05, 0.1) is 11.5 Å². The molecule has 1 aromatic carbocycles. The number of carbonyl (C=O) groups is 2. The van der Waals surface area contributed by atoms with Crippen molar-refractivity contribution in [1.82, 2.24) is 9.88 Å². The van der Waals surface area contributed by atoms with Crippen molar-refractivity contribution in [2.24, 2.45) is 13.0 Å². The standard InChI is InChI=1S/C19H24N2O3/c1-21-12-15(13-8-6-7-11-17(13)21)18(22)20-16-10-5-3-2-4-9-14(16)19(23)24/h6-8,11-12,14,16H,2-5,9-10H2,1H3,(H,20,22)(H,23,24). The van der Waals surface area contributed by atoms with Gasteiger partial charge in [-0.1, -0.05) is 43.9 Å². The lowest BCUT2D eigenvalue weighted by Gasteiger charge is -2.27. The van der Waals surface area contributed by atoms with Crippen LogP contribution in [0.15, 0.2) is 30.5 Å². The van der Waals surface area contributed by atoms with E-state index in [4.69, 9.17) is 0 Å². The topological polar surface area (TPSA) is 71.3 Å². The van der Waals surface area contributed by atoms with Gasteiger partial charge in [0.15, 0.2) is 0 Å². The van der Waals surface area contributed by atoms with Crippen LogP contribution in [-0.4, -0.2) is 27.6 Å². The molecule has 5 nitrogen and oxygen atoms in total. The van der Waals surface area contributed by atoms with E-state index >= 15 is 0 Å². The van der Waals surface area contributed by atoms with Gasteiger partial charge in [-0.25, -0.2) is 0 Å². The average Bonchev–Trinajstić information content (AvgIpc) is 2.87. The molecule has 1 aromatic heterocycles. The maximum absolute atomic E-state index is 12.8. The fourth-order valence-corrected chi connectivity index (χ4v) is 3.72. The first-order chi connectivity index (χ1) is 11.6. The Morgan fingerprint density at radius 3 is 2.58 bits per heavy atom. The van der Waals surface area contributed by atoms with Gasteiger partial charge in [0.25, 0.3) is 5.91 Å².